The molecular formula is C14H21N3O4. The highest BCUT2D eigenvalue weighted by molar-refractivity contribution is 5.79. The van der Waals surface area contributed by atoms with Crippen LogP contribution in [0.25, 0.3) is 0 Å². The van der Waals surface area contributed by atoms with E-state index in [1.165, 1.54) is 0 Å². The van der Waals surface area contributed by atoms with Crippen LogP contribution in [0, 0.1) is 13.8 Å². The van der Waals surface area contributed by atoms with Crippen molar-refractivity contribution in [1.29, 1.82) is 0 Å². The van der Waals surface area contributed by atoms with Gasteiger partial charge in [0.25, 0.3) is 0 Å². The average Bonchev–Trinajstić information content (AvgIpc) is 2.70. The number of aromatic nitrogens is 2. The Hall–Kier alpha value is -1.89. The van der Waals surface area contributed by atoms with Crippen LogP contribution in [0.2, 0.25) is 0 Å². The lowest BCUT2D eigenvalue weighted by atomic mass is 10.1. The number of carboxylic acids is 1. The third kappa shape index (κ3) is 3.41. The van der Waals surface area contributed by atoms with E-state index in [0.717, 1.165) is 17.0 Å². The molecule has 0 aromatic carbocycles. The molecule has 0 bridgehead atoms. The largest absolute Gasteiger partial charge is 0.479 e. The number of morpholine rings is 1. The van der Waals surface area contributed by atoms with Crippen LogP contribution in [0.15, 0.2) is 0 Å². The van der Waals surface area contributed by atoms with Crippen LogP contribution in [0.5, 0.6) is 0 Å². The Kier molecular flexibility index (Phi) is 4.62. The molecule has 0 spiro atoms. The van der Waals surface area contributed by atoms with Crippen molar-refractivity contribution < 1.29 is 19.4 Å². The van der Waals surface area contributed by atoms with E-state index in [2.05, 4.69) is 5.10 Å². The normalized spacial score (nSPS) is 18.8. The zero-order valence-corrected chi connectivity index (χ0v) is 12.6. The molecule has 0 radical (unpaired) electrons. The molecule has 2 rings (SSSR count). The highest BCUT2D eigenvalue weighted by Crippen LogP contribution is 2.15. The molecule has 1 aromatic rings. The fourth-order valence-electron chi connectivity index (χ4n) is 2.59. The standard InChI is InChI=1S/C14H21N3O4/c1-9-11(10(2)16(3)15-9)4-5-13(18)17-6-7-21-12(8-17)14(19)20/h12H,4-8H2,1-3H3,(H,19,20). The number of carboxylic acid groups (broad SMARTS) is 1. The van der Waals surface area contributed by atoms with Gasteiger partial charge in [-0.3, -0.25) is 9.48 Å². The summed E-state index contributed by atoms with van der Waals surface area (Å²) < 4.78 is 6.93. The summed E-state index contributed by atoms with van der Waals surface area (Å²) in [6.07, 6.45) is 0.0728. The number of carbonyl (C=O) groups is 2. The first kappa shape index (κ1) is 15.5. The predicted molar refractivity (Wildman–Crippen MR) is 75.0 cm³/mol. The molecule has 1 unspecified atom stereocenters. The number of hydrogen-bond acceptors (Lipinski definition) is 4. The van der Waals surface area contributed by atoms with Crippen molar-refractivity contribution >= 4 is 11.9 Å². The maximum absolute atomic E-state index is 12.2. The maximum atomic E-state index is 12.2. The van der Waals surface area contributed by atoms with Crippen LogP contribution in [-0.4, -0.2) is 57.5 Å². The monoisotopic (exact) mass is 295 g/mol. The number of hydrogen-bond donors (Lipinski definition) is 1. The molecule has 1 aliphatic heterocycles. The van der Waals surface area contributed by atoms with Gasteiger partial charge in [0, 0.05) is 25.7 Å². The molecule has 1 N–H and O–H groups in total. The number of carbonyl (C=O) groups excluding carboxylic acids is 1. The minimum Gasteiger partial charge on any atom is -0.479 e. The molecule has 7 heteroatoms. The Morgan fingerprint density at radius 2 is 2.14 bits per heavy atom. The van der Waals surface area contributed by atoms with E-state index >= 15 is 0 Å². The Labute approximate surface area is 123 Å². The Morgan fingerprint density at radius 3 is 2.71 bits per heavy atom. The van der Waals surface area contributed by atoms with Crippen molar-refractivity contribution in [2.45, 2.75) is 32.8 Å². The summed E-state index contributed by atoms with van der Waals surface area (Å²) in [5.74, 6) is -1.06. The molecule has 1 atom stereocenters. The van der Waals surface area contributed by atoms with Crippen LogP contribution >= 0.6 is 0 Å². The van der Waals surface area contributed by atoms with Crippen molar-refractivity contribution in [2.24, 2.45) is 7.05 Å². The molecular weight excluding hydrogens is 274 g/mol. The lowest BCUT2D eigenvalue weighted by molar-refractivity contribution is -0.159. The van der Waals surface area contributed by atoms with E-state index in [4.69, 9.17) is 9.84 Å². The van der Waals surface area contributed by atoms with E-state index in [9.17, 15) is 9.59 Å². The summed E-state index contributed by atoms with van der Waals surface area (Å²) >= 11 is 0. The van der Waals surface area contributed by atoms with Gasteiger partial charge >= 0.3 is 5.97 Å². The molecule has 1 aliphatic rings. The quantitative estimate of drug-likeness (QED) is 0.862. The number of ether oxygens (including phenoxy) is 1. The van der Waals surface area contributed by atoms with E-state index in [1.807, 2.05) is 25.6 Å². The second kappa shape index (κ2) is 6.26. The molecule has 1 amide bonds. The number of aliphatic carboxylic acids is 1. The van der Waals surface area contributed by atoms with Gasteiger partial charge in [0.05, 0.1) is 18.8 Å². The number of aryl methyl sites for hydroxylation is 2. The molecule has 7 nitrogen and oxygen atoms in total. The number of nitrogens with zero attached hydrogens (tertiary/aromatic N) is 3. The summed E-state index contributed by atoms with van der Waals surface area (Å²) in [5.41, 5.74) is 3.09. The van der Waals surface area contributed by atoms with Crippen molar-refractivity contribution in [3.63, 3.8) is 0 Å². The van der Waals surface area contributed by atoms with Crippen LogP contribution in [-0.2, 0) is 27.8 Å². The van der Waals surface area contributed by atoms with Crippen LogP contribution in [0.1, 0.15) is 23.4 Å². The molecule has 116 valence electrons. The maximum Gasteiger partial charge on any atom is 0.334 e. The third-order valence-electron chi connectivity index (χ3n) is 3.94. The minimum atomic E-state index is -1.02. The van der Waals surface area contributed by atoms with E-state index in [-0.39, 0.29) is 19.1 Å². The SMILES string of the molecule is Cc1nn(C)c(C)c1CCC(=O)N1CCOC(C(=O)O)C1. The Bertz CT molecular complexity index is 553. The molecule has 0 saturated carbocycles. The van der Waals surface area contributed by atoms with Gasteiger partial charge in [-0.25, -0.2) is 4.79 Å². The van der Waals surface area contributed by atoms with Gasteiger partial charge in [0.15, 0.2) is 6.10 Å². The van der Waals surface area contributed by atoms with E-state index in [0.29, 0.717) is 19.4 Å². The van der Waals surface area contributed by atoms with Gasteiger partial charge in [0.1, 0.15) is 0 Å². The topological polar surface area (TPSA) is 84.7 Å². The second-order valence-corrected chi connectivity index (χ2v) is 5.31. The van der Waals surface area contributed by atoms with Crippen molar-refractivity contribution in [1.82, 2.24) is 14.7 Å². The highest BCUT2D eigenvalue weighted by atomic mass is 16.5. The molecule has 21 heavy (non-hydrogen) atoms. The van der Waals surface area contributed by atoms with Gasteiger partial charge in [-0.2, -0.15) is 5.10 Å². The summed E-state index contributed by atoms with van der Waals surface area (Å²) in [6.45, 7) is 4.76. The second-order valence-electron chi connectivity index (χ2n) is 5.31. The zero-order chi connectivity index (χ0) is 15.6. The summed E-state index contributed by atoms with van der Waals surface area (Å²) in [6, 6.07) is 0. The fourth-order valence-corrected chi connectivity index (χ4v) is 2.59. The van der Waals surface area contributed by atoms with Gasteiger partial charge in [0.2, 0.25) is 5.91 Å². The smallest absolute Gasteiger partial charge is 0.334 e. The lowest BCUT2D eigenvalue weighted by Crippen LogP contribution is -2.48. The molecule has 0 aliphatic carbocycles. The first-order chi connectivity index (χ1) is 9.90. The van der Waals surface area contributed by atoms with E-state index in [1.54, 1.807) is 4.90 Å². The lowest BCUT2D eigenvalue weighted by Gasteiger charge is -2.31. The number of amides is 1. The third-order valence-corrected chi connectivity index (χ3v) is 3.94. The zero-order valence-electron chi connectivity index (χ0n) is 12.6. The van der Waals surface area contributed by atoms with E-state index < -0.39 is 12.1 Å². The summed E-state index contributed by atoms with van der Waals surface area (Å²) in [7, 11) is 1.88. The number of rotatable bonds is 4. The van der Waals surface area contributed by atoms with Crippen LogP contribution in [0.4, 0.5) is 0 Å². The molecule has 1 fully saturated rings. The molecule has 2 heterocycles. The van der Waals surface area contributed by atoms with Gasteiger partial charge < -0.3 is 14.7 Å². The molecule has 1 saturated heterocycles. The van der Waals surface area contributed by atoms with Gasteiger partial charge in [-0.1, -0.05) is 0 Å². The highest BCUT2D eigenvalue weighted by Gasteiger charge is 2.28. The summed E-state index contributed by atoms with van der Waals surface area (Å²) in [4.78, 5) is 24.7. The first-order valence-electron chi connectivity index (χ1n) is 7.01. The van der Waals surface area contributed by atoms with Gasteiger partial charge in [-0.05, 0) is 25.8 Å². The van der Waals surface area contributed by atoms with Crippen molar-refractivity contribution in [3.05, 3.63) is 17.0 Å². The fraction of sp³-hybridized carbons (Fsp3) is 0.643. The van der Waals surface area contributed by atoms with Crippen molar-refractivity contribution in [3.8, 4) is 0 Å². The summed E-state index contributed by atoms with van der Waals surface area (Å²) in [5, 5.41) is 13.3. The molecule has 1 aromatic heterocycles. The van der Waals surface area contributed by atoms with Gasteiger partial charge in [-0.15, -0.1) is 0 Å². The average molecular weight is 295 g/mol. The Morgan fingerprint density at radius 1 is 1.43 bits per heavy atom. The Balaban J connectivity index is 1.94. The minimum absolute atomic E-state index is 0.0350. The first-order valence-corrected chi connectivity index (χ1v) is 7.01. The predicted octanol–water partition coefficient (Wildman–Crippen LogP) is 0.282. The van der Waals surface area contributed by atoms with Crippen molar-refractivity contribution in [2.75, 3.05) is 19.7 Å². The van der Waals surface area contributed by atoms with Crippen LogP contribution < -0.4 is 0 Å². The van der Waals surface area contributed by atoms with Crippen LogP contribution in [0.3, 0.4) is 0 Å².